The number of H-pyrrole nitrogens is 2. The lowest BCUT2D eigenvalue weighted by molar-refractivity contribution is 0.631. The van der Waals surface area contributed by atoms with Crippen molar-refractivity contribution in [3.63, 3.8) is 0 Å². The van der Waals surface area contributed by atoms with Gasteiger partial charge < -0.3 is 4.98 Å². The van der Waals surface area contributed by atoms with E-state index in [1.165, 1.54) is 6.07 Å². The van der Waals surface area contributed by atoms with Crippen molar-refractivity contribution in [1.82, 2.24) is 30.1 Å². The van der Waals surface area contributed by atoms with Crippen LogP contribution in [0.3, 0.4) is 0 Å². The van der Waals surface area contributed by atoms with Crippen LogP contribution in [0.15, 0.2) is 79.3 Å². The Balaban J connectivity index is 1.53. The third-order valence-corrected chi connectivity index (χ3v) is 5.32. The van der Waals surface area contributed by atoms with Crippen LogP contribution in [0.4, 0.5) is 4.39 Å². The first-order chi connectivity index (χ1) is 15.3. The van der Waals surface area contributed by atoms with Crippen molar-refractivity contribution in [2.75, 3.05) is 0 Å². The maximum Gasteiger partial charge on any atom is 0.135 e. The number of hydrogen-bond donors (Lipinski definition) is 2. The molecule has 0 saturated heterocycles. The van der Waals surface area contributed by atoms with Crippen LogP contribution in [0.2, 0.25) is 0 Å². The first-order valence-corrected chi connectivity index (χ1v) is 9.76. The Bertz CT molecular complexity index is 1550. The highest BCUT2D eigenvalue weighted by Gasteiger charge is 2.16. The monoisotopic (exact) mass is 406 g/mol. The molecule has 4 aromatic heterocycles. The molecule has 0 unspecified atom stereocenters. The predicted octanol–water partition coefficient (Wildman–Crippen LogP) is 5.37. The number of aromatic amines is 2. The third-order valence-electron chi connectivity index (χ3n) is 5.32. The smallest absolute Gasteiger partial charge is 0.135 e. The van der Waals surface area contributed by atoms with Crippen LogP contribution in [0.1, 0.15) is 0 Å². The summed E-state index contributed by atoms with van der Waals surface area (Å²) in [5.41, 5.74) is 6.72. The van der Waals surface area contributed by atoms with Crippen LogP contribution >= 0.6 is 0 Å². The van der Waals surface area contributed by atoms with E-state index in [0.29, 0.717) is 22.6 Å². The Kier molecular flexibility index (Phi) is 3.86. The van der Waals surface area contributed by atoms with Gasteiger partial charge in [0.1, 0.15) is 22.7 Å². The average molecular weight is 406 g/mol. The van der Waals surface area contributed by atoms with Crippen LogP contribution in [-0.2, 0) is 0 Å². The molecular formula is C24H15FN6. The van der Waals surface area contributed by atoms with Gasteiger partial charge in [-0.05, 0) is 35.9 Å². The van der Waals surface area contributed by atoms with Crippen LogP contribution in [-0.4, -0.2) is 30.1 Å². The summed E-state index contributed by atoms with van der Waals surface area (Å²) in [6.45, 7) is 0. The summed E-state index contributed by atoms with van der Waals surface area (Å²) in [5, 5.41) is 8.44. The van der Waals surface area contributed by atoms with Crippen LogP contribution in [0.25, 0.3) is 55.8 Å². The van der Waals surface area contributed by atoms with Gasteiger partial charge in [0.15, 0.2) is 0 Å². The fourth-order valence-electron chi connectivity index (χ4n) is 3.86. The van der Waals surface area contributed by atoms with Crippen LogP contribution in [0.5, 0.6) is 0 Å². The largest absolute Gasteiger partial charge is 0.353 e. The summed E-state index contributed by atoms with van der Waals surface area (Å²) < 4.78 is 14.4. The van der Waals surface area contributed by atoms with Gasteiger partial charge in [-0.15, -0.1) is 0 Å². The van der Waals surface area contributed by atoms with Gasteiger partial charge in [-0.1, -0.05) is 30.3 Å². The molecule has 0 amide bonds. The molecule has 6 aromatic rings. The maximum absolute atomic E-state index is 14.4. The zero-order chi connectivity index (χ0) is 20.8. The molecule has 6 rings (SSSR count). The van der Waals surface area contributed by atoms with Crippen molar-refractivity contribution < 1.29 is 4.39 Å². The second-order valence-electron chi connectivity index (χ2n) is 7.19. The van der Waals surface area contributed by atoms with E-state index in [9.17, 15) is 4.39 Å². The van der Waals surface area contributed by atoms with Crippen molar-refractivity contribution >= 4 is 21.9 Å². The van der Waals surface area contributed by atoms with Crippen molar-refractivity contribution in [3.05, 3.63) is 85.1 Å². The van der Waals surface area contributed by atoms with Gasteiger partial charge in [0.25, 0.3) is 0 Å². The highest BCUT2D eigenvalue weighted by atomic mass is 19.1. The zero-order valence-corrected chi connectivity index (χ0v) is 16.2. The van der Waals surface area contributed by atoms with E-state index in [0.717, 1.165) is 33.2 Å². The lowest BCUT2D eigenvalue weighted by Crippen LogP contribution is -1.89. The molecule has 0 fully saturated rings. The summed E-state index contributed by atoms with van der Waals surface area (Å²) in [6, 6.07) is 18.4. The molecule has 0 atom stereocenters. The van der Waals surface area contributed by atoms with Crippen molar-refractivity contribution in [2.45, 2.75) is 0 Å². The molecule has 31 heavy (non-hydrogen) atoms. The molecule has 7 heteroatoms. The summed E-state index contributed by atoms with van der Waals surface area (Å²) in [7, 11) is 0. The lowest BCUT2D eigenvalue weighted by Gasteiger charge is -2.04. The number of fused-ring (bicyclic) bond motifs is 2. The third kappa shape index (κ3) is 2.86. The number of hydrogen-bond acceptors (Lipinski definition) is 4. The van der Waals surface area contributed by atoms with Gasteiger partial charge in [0.05, 0.1) is 23.1 Å². The molecular weight excluding hydrogens is 391 g/mol. The normalized spacial score (nSPS) is 11.4. The number of nitrogens with one attached hydrogen (secondary N) is 2. The number of nitrogens with zero attached hydrogens (tertiary/aromatic N) is 4. The summed E-state index contributed by atoms with van der Waals surface area (Å²) in [6.07, 6.45) is 4.94. The molecule has 2 N–H and O–H groups in total. The standard InChI is InChI=1S/C24H15FN6/c25-17-6-2-1-4-15(17)14-5-3-7-18-16(14)12-21(28-18)24-23-20(30-31-24)9-8-19(29-23)22-13-26-10-11-27-22/h1-13,28H,(H,30,31). The summed E-state index contributed by atoms with van der Waals surface area (Å²) >= 11 is 0. The highest BCUT2D eigenvalue weighted by Crippen LogP contribution is 2.34. The molecule has 0 aliphatic heterocycles. The molecule has 0 bridgehead atoms. The van der Waals surface area contributed by atoms with Gasteiger partial charge in [-0.2, -0.15) is 5.10 Å². The van der Waals surface area contributed by atoms with E-state index >= 15 is 0 Å². The Morgan fingerprint density at radius 3 is 2.58 bits per heavy atom. The van der Waals surface area contributed by atoms with E-state index < -0.39 is 0 Å². The Morgan fingerprint density at radius 2 is 1.71 bits per heavy atom. The predicted molar refractivity (Wildman–Crippen MR) is 118 cm³/mol. The molecule has 0 saturated carbocycles. The maximum atomic E-state index is 14.4. The first kappa shape index (κ1) is 17.5. The van der Waals surface area contributed by atoms with Gasteiger partial charge >= 0.3 is 0 Å². The molecule has 6 nitrogen and oxygen atoms in total. The van der Waals surface area contributed by atoms with E-state index in [-0.39, 0.29) is 5.82 Å². The second-order valence-corrected chi connectivity index (χ2v) is 7.19. The molecule has 0 aliphatic rings. The number of aromatic nitrogens is 6. The fourth-order valence-corrected chi connectivity index (χ4v) is 3.86. The first-order valence-electron chi connectivity index (χ1n) is 9.76. The zero-order valence-electron chi connectivity index (χ0n) is 16.2. The van der Waals surface area contributed by atoms with Gasteiger partial charge in [0.2, 0.25) is 0 Å². The molecule has 148 valence electrons. The molecule has 0 radical (unpaired) electrons. The number of benzene rings is 2. The highest BCUT2D eigenvalue weighted by molar-refractivity contribution is 6.00. The molecule has 4 heterocycles. The van der Waals surface area contributed by atoms with E-state index in [4.69, 9.17) is 4.98 Å². The number of rotatable bonds is 3. The summed E-state index contributed by atoms with van der Waals surface area (Å²) in [5.74, 6) is -0.252. The van der Waals surface area contributed by atoms with E-state index in [1.807, 2.05) is 42.5 Å². The SMILES string of the molecule is Fc1ccccc1-c1cccc2[nH]c(-c3n[nH]c4ccc(-c5cnccn5)nc34)cc12. The topological polar surface area (TPSA) is 83.1 Å². The van der Waals surface area contributed by atoms with Crippen LogP contribution in [0, 0.1) is 5.82 Å². The number of halogens is 1. The Morgan fingerprint density at radius 1 is 0.806 bits per heavy atom. The molecule has 2 aromatic carbocycles. The molecule has 0 spiro atoms. The second kappa shape index (κ2) is 6.84. The van der Waals surface area contributed by atoms with Crippen molar-refractivity contribution in [2.24, 2.45) is 0 Å². The Labute approximate surface area is 175 Å². The minimum atomic E-state index is -0.252. The minimum Gasteiger partial charge on any atom is -0.353 e. The minimum absolute atomic E-state index is 0.252. The quantitative estimate of drug-likeness (QED) is 0.414. The van der Waals surface area contributed by atoms with Gasteiger partial charge in [-0.3, -0.25) is 15.1 Å². The molecule has 0 aliphatic carbocycles. The fraction of sp³-hybridized carbons (Fsp3) is 0. The number of pyridine rings is 1. The van der Waals surface area contributed by atoms with Crippen molar-refractivity contribution in [3.8, 4) is 33.9 Å². The average Bonchev–Trinajstić information content (AvgIpc) is 3.43. The van der Waals surface area contributed by atoms with Crippen molar-refractivity contribution in [1.29, 1.82) is 0 Å². The Hall–Kier alpha value is -4.39. The summed E-state index contributed by atoms with van der Waals surface area (Å²) in [4.78, 5) is 16.6. The van der Waals surface area contributed by atoms with E-state index in [1.54, 1.807) is 30.7 Å². The van der Waals surface area contributed by atoms with E-state index in [2.05, 4.69) is 25.1 Å². The van der Waals surface area contributed by atoms with Gasteiger partial charge in [0, 0.05) is 28.9 Å². The van der Waals surface area contributed by atoms with Gasteiger partial charge in [-0.25, -0.2) is 9.37 Å². The lowest BCUT2D eigenvalue weighted by atomic mass is 10.0. The van der Waals surface area contributed by atoms with Crippen LogP contribution < -0.4 is 0 Å².